The molecule has 4 nitrogen and oxygen atoms in total. The zero-order chi connectivity index (χ0) is 26.7. The molecular weight excluding hydrogens is 444 g/mol. The number of phenols is 2. The summed E-state index contributed by atoms with van der Waals surface area (Å²) in [7, 11) is 0. The van der Waals surface area contributed by atoms with E-state index in [1.807, 2.05) is 26.3 Å². The maximum atomic E-state index is 10.6. The molecule has 0 unspecified atom stereocenters. The summed E-state index contributed by atoms with van der Waals surface area (Å²) in [5.41, 5.74) is 6.30. The van der Waals surface area contributed by atoms with Crippen molar-refractivity contribution in [2.24, 2.45) is 20.8 Å². The molecule has 36 heavy (non-hydrogen) atoms. The largest absolute Gasteiger partial charge is 0.507 e. The van der Waals surface area contributed by atoms with E-state index in [2.05, 4.69) is 65.8 Å². The van der Waals surface area contributed by atoms with Gasteiger partial charge in [0.25, 0.3) is 0 Å². The van der Waals surface area contributed by atoms with Crippen LogP contribution in [0, 0.1) is 24.7 Å². The van der Waals surface area contributed by atoms with Crippen molar-refractivity contribution in [3.05, 3.63) is 57.6 Å². The normalized spacial score (nSPS) is 19.4. The minimum Gasteiger partial charge on any atom is -0.507 e. The second kappa shape index (κ2) is 11.2. The van der Waals surface area contributed by atoms with Gasteiger partial charge in [-0.1, -0.05) is 53.7 Å². The predicted molar refractivity (Wildman–Crippen MR) is 153 cm³/mol. The Morgan fingerprint density at radius 2 is 1.00 bits per heavy atom. The Kier molecular flexibility index (Phi) is 8.69. The fraction of sp³-hybridized carbons (Fsp3) is 0.562. The minimum absolute atomic E-state index is 0.195. The van der Waals surface area contributed by atoms with E-state index >= 15 is 0 Å². The molecule has 3 rings (SSSR count). The SMILES string of the molecule is Cc1cc(CC(C)(C)C)cc(C=NC2CCC(N=Cc3cc(CC(C)(C)C)cc(C)c3O)CC2)c1O. The summed E-state index contributed by atoms with van der Waals surface area (Å²) in [6, 6.07) is 8.84. The molecule has 1 aliphatic carbocycles. The molecule has 2 aromatic rings. The van der Waals surface area contributed by atoms with E-state index in [9.17, 15) is 10.2 Å². The van der Waals surface area contributed by atoms with Crippen LogP contribution >= 0.6 is 0 Å². The summed E-state index contributed by atoms with van der Waals surface area (Å²) in [5, 5.41) is 21.1. The van der Waals surface area contributed by atoms with Crippen molar-refractivity contribution in [2.45, 2.75) is 106 Å². The number of phenolic OH excluding ortho intramolecular Hbond substituents is 2. The number of hydrogen-bond donors (Lipinski definition) is 2. The van der Waals surface area contributed by atoms with Gasteiger partial charge in [0, 0.05) is 23.6 Å². The molecular formula is C32H46N2O2. The highest BCUT2D eigenvalue weighted by molar-refractivity contribution is 5.85. The van der Waals surface area contributed by atoms with Gasteiger partial charge in [-0.05, 0) is 97.6 Å². The molecule has 2 aromatic carbocycles. The van der Waals surface area contributed by atoms with Crippen molar-refractivity contribution in [1.82, 2.24) is 0 Å². The highest BCUT2D eigenvalue weighted by Crippen LogP contribution is 2.30. The molecule has 4 heteroatoms. The highest BCUT2D eigenvalue weighted by atomic mass is 16.3. The van der Waals surface area contributed by atoms with Gasteiger partial charge in [-0.25, -0.2) is 0 Å². The van der Waals surface area contributed by atoms with E-state index in [-0.39, 0.29) is 22.9 Å². The molecule has 196 valence electrons. The third kappa shape index (κ3) is 8.21. The summed E-state index contributed by atoms with van der Waals surface area (Å²) in [6.45, 7) is 17.3. The molecule has 0 aromatic heterocycles. The second-order valence-electron chi connectivity index (χ2n) is 13.2. The van der Waals surface area contributed by atoms with Crippen LogP contribution in [0.1, 0.15) is 101 Å². The van der Waals surface area contributed by atoms with Gasteiger partial charge >= 0.3 is 0 Å². The van der Waals surface area contributed by atoms with Crippen molar-refractivity contribution < 1.29 is 10.2 Å². The van der Waals surface area contributed by atoms with E-state index in [0.717, 1.165) is 60.8 Å². The average molecular weight is 491 g/mol. The van der Waals surface area contributed by atoms with Crippen LogP contribution in [0.3, 0.4) is 0 Å². The van der Waals surface area contributed by atoms with Gasteiger partial charge in [-0.3, -0.25) is 9.98 Å². The standard InChI is InChI=1S/C32H46N2O2/c1-21-13-23(17-31(3,4)5)15-25(29(21)35)19-33-27-9-11-28(12-10-27)34-20-26-16-24(18-32(6,7)8)14-22(2)30(26)36/h13-16,19-20,27-28,35-36H,9-12,17-18H2,1-8H3. The fourth-order valence-corrected chi connectivity index (χ4v) is 5.12. The molecule has 1 fully saturated rings. The molecule has 0 atom stereocenters. The van der Waals surface area contributed by atoms with Crippen LogP contribution in [0.25, 0.3) is 0 Å². The van der Waals surface area contributed by atoms with Crippen LogP contribution in [-0.2, 0) is 12.8 Å². The summed E-state index contributed by atoms with van der Waals surface area (Å²) in [6.07, 6.45) is 9.58. The van der Waals surface area contributed by atoms with Gasteiger partial charge in [0.05, 0.1) is 12.1 Å². The molecule has 2 N–H and O–H groups in total. The first-order chi connectivity index (χ1) is 16.7. The third-order valence-electron chi connectivity index (χ3n) is 6.76. The monoisotopic (exact) mass is 490 g/mol. The first-order valence-electron chi connectivity index (χ1n) is 13.4. The number of aryl methyl sites for hydroxylation is 2. The van der Waals surface area contributed by atoms with E-state index in [1.54, 1.807) is 0 Å². The summed E-state index contributed by atoms with van der Waals surface area (Å²) in [4.78, 5) is 9.68. The maximum absolute atomic E-state index is 10.6. The Hall–Kier alpha value is -2.62. The molecule has 0 amide bonds. The number of aliphatic imine (C=N–C) groups is 2. The van der Waals surface area contributed by atoms with Crippen molar-refractivity contribution in [3.63, 3.8) is 0 Å². The second-order valence-corrected chi connectivity index (χ2v) is 13.2. The zero-order valence-electron chi connectivity index (χ0n) is 23.7. The lowest BCUT2D eigenvalue weighted by Gasteiger charge is -2.24. The van der Waals surface area contributed by atoms with Crippen LogP contribution in [0.4, 0.5) is 0 Å². The molecule has 0 bridgehead atoms. The van der Waals surface area contributed by atoms with E-state index in [1.165, 1.54) is 11.1 Å². The molecule has 1 saturated carbocycles. The van der Waals surface area contributed by atoms with Gasteiger partial charge < -0.3 is 10.2 Å². The fourth-order valence-electron chi connectivity index (χ4n) is 5.12. The molecule has 0 spiro atoms. The number of nitrogens with zero attached hydrogens (tertiary/aromatic N) is 2. The van der Waals surface area contributed by atoms with Crippen LogP contribution in [0.5, 0.6) is 11.5 Å². The first-order valence-corrected chi connectivity index (χ1v) is 13.4. The lowest BCUT2D eigenvalue weighted by molar-refractivity contribution is 0.399. The Labute approximate surface area is 218 Å². The van der Waals surface area contributed by atoms with Gasteiger partial charge in [-0.15, -0.1) is 0 Å². The summed E-state index contributed by atoms with van der Waals surface area (Å²) in [5.74, 6) is 0.664. The molecule has 1 aliphatic rings. The topological polar surface area (TPSA) is 65.2 Å². The Bertz CT molecular complexity index is 1020. The molecule has 0 saturated heterocycles. The van der Waals surface area contributed by atoms with Crippen molar-refractivity contribution in [1.29, 1.82) is 0 Å². The minimum atomic E-state index is 0.195. The van der Waals surface area contributed by atoms with Gasteiger partial charge in [0.15, 0.2) is 0 Å². The highest BCUT2D eigenvalue weighted by Gasteiger charge is 2.20. The Morgan fingerprint density at radius 1 is 0.667 bits per heavy atom. The average Bonchev–Trinajstić information content (AvgIpc) is 2.75. The predicted octanol–water partition coefficient (Wildman–Crippen LogP) is 7.74. The number of hydrogen-bond acceptors (Lipinski definition) is 4. The number of rotatable bonds is 6. The van der Waals surface area contributed by atoms with Crippen molar-refractivity contribution in [2.75, 3.05) is 0 Å². The van der Waals surface area contributed by atoms with Crippen LogP contribution in [0.15, 0.2) is 34.3 Å². The summed E-state index contributed by atoms with van der Waals surface area (Å²) < 4.78 is 0. The molecule has 0 aliphatic heterocycles. The lowest BCUT2D eigenvalue weighted by atomic mass is 9.87. The summed E-state index contributed by atoms with van der Waals surface area (Å²) >= 11 is 0. The number of aromatic hydroxyl groups is 2. The molecule has 0 heterocycles. The quantitative estimate of drug-likeness (QED) is 0.407. The zero-order valence-corrected chi connectivity index (χ0v) is 23.7. The van der Waals surface area contributed by atoms with E-state index in [4.69, 9.17) is 9.98 Å². The molecule has 0 radical (unpaired) electrons. The van der Waals surface area contributed by atoms with E-state index in [0.29, 0.717) is 11.5 Å². The number of benzene rings is 2. The van der Waals surface area contributed by atoms with Gasteiger partial charge in [0.2, 0.25) is 0 Å². The van der Waals surface area contributed by atoms with Crippen molar-refractivity contribution in [3.8, 4) is 11.5 Å². The van der Waals surface area contributed by atoms with Gasteiger partial charge in [-0.2, -0.15) is 0 Å². The van der Waals surface area contributed by atoms with Crippen LogP contribution in [0.2, 0.25) is 0 Å². The van der Waals surface area contributed by atoms with Crippen molar-refractivity contribution >= 4 is 12.4 Å². The third-order valence-corrected chi connectivity index (χ3v) is 6.76. The van der Waals surface area contributed by atoms with E-state index < -0.39 is 0 Å². The first kappa shape index (κ1) is 28.0. The lowest BCUT2D eigenvalue weighted by Crippen LogP contribution is -2.20. The Morgan fingerprint density at radius 3 is 1.31 bits per heavy atom. The maximum Gasteiger partial charge on any atom is 0.127 e. The van der Waals surface area contributed by atoms with Crippen LogP contribution < -0.4 is 0 Å². The Balaban J connectivity index is 1.63. The smallest absolute Gasteiger partial charge is 0.127 e. The van der Waals surface area contributed by atoms with Crippen LogP contribution in [-0.4, -0.2) is 34.7 Å². The van der Waals surface area contributed by atoms with Gasteiger partial charge in [0.1, 0.15) is 11.5 Å².